The minimum atomic E-state index is -0.915. The van der Waals surface area contributed by atoms with Crippen LogP contribution in [-0.4, -0.2) is 41.0 Å². The van der Waals surface area contributed by atoms with E-state index in [0.29, 0.717) is 31.6 Å². The minimum absolute atomic E-state index is 0.239. The molecule has 1 atom stereocenters. The lowest BCUT2D eigenvalue weighted by atomic mass is 9.77. The second kappa shape index (κ2) is 7.47. The molecule has 26 heavy (non-hydrogen) atoms. The van der Waals surface area contributed by atoms with E-state index in [4.69, 9.17) is 4.74 Å². The predicted molar refractivity (Wildman–Crippen MR) is 91.3 cm³/mol. The molecule has 0 aromatic carbocycles. The maximum Gasteiger partial charge on any atom is 0.344 e. The number of nitrogens with zero attached hydrogens (tertiary/aromatic N) is 1. The van der Waals surface area contributed by atoms with Gasteiger partial charge in [0.1, 0.15) is 5.54 Å². The molecule has 1 spiro atoms. The number of carbonyl (C=O) groups is 4. The van der Waals surface area contributed by atoms with Crippen molar-refractivity contribution in [3.8, 4) is 0 Å². The Balaban J connectivity index is 1.51. The summed E-state index contributed by atoms with van der Waals surface area (Å²) in [5.41, 5.74) is 1.35. The summed E-state index contributed by atoms with van der Waals surface area (Å²) in [6.07, 6.45) is 8.88. The van der Waals surface area contributed by atoms with Gasteiger partial charge in [-0.05, 0) is 50.9 Å². The number of hydrogen-bond acceptors (Lipinski definition) is 5. The third-order valence-electron chi connectivity index (χ3n) is 5.47. The van der Waals surface area contributed by atoms with Gasteiger partial charge in [-0.2, -0.15) is 5.01 Å². The van der Waals surface area contributed by atoms with Crippen LogP contribution in [0.3, 0.4) is 0 Å². The van der Waals surface area contributed by atoms with E-state index >= 15 is 0 Å². The molecule has 2 fully saturated rings. The maximum absolute atomic E-state index is 12.6. The zero-order valence-corrected chi connectivity index (χ0v) is 15.0. The van der Waals surface area contributed by atoms with Crippen LogP contribution in [0.5, 0.6) is 0 Å². The SMILES string of the molecule is CC1CCC2(CC1)NC(=O)N(NC(=O)COC(=O)[C@H]1CC=CCC1)C2=O. The lowest BCUT2D eigenvalue weighted by Crippen LogP contribution is -2.52. The van der Waals surface area contributed by atoms with E-state index in [-0.39, 0.29) is 5.92 Å². The molecule has 4 amide bonds. The van der Waals surface area contributed by atoms with Crippen LogP contribution in [0.15, 0.2) is 12.2 Å². The lowest BCUT2D eigenvalue weighted by molar-refractivity contribution is -0.154. The summed E-state index contributed by atoms with van der Waals surface area (Å²) in [5, 5.41) is 3.44. The van der Waals surface area contributed by atoms with E-state index in [9.17, 15) is 19.2 Å². The molecule has 1 saturated heterocycles. The van der Waals surface area contributed by atoms with Crippen LogP contribution in [0.4, 0.5) is 4.79 Å². The van der Waals surface area contributed by atoms with E-state index in [1.807, 2.05) is 12.2 Å². The summed E-state index contributed by atoms with van der Waals surface area (Å²) >= 11 is 0. The van der Waals surface area contributed by atoms with E-state index in [2.05, 4.69) is 17.7 Å². The van der Waals surface area contributed by atoms with E-state index in [0.717, 1.165) is 24.3 Å². The molecule has 0 aromatic heterocycles. The number of nitrogens with one attached hydrogen (secondary N) is 2. The van der Waals surface area contributed by atoms with Crippen LogP contribution < -0.4 is 10.7 Å². The van der Waals surface area contributed by atoms with E-state index in [1.54, 1.807) is 0 Å². The Morgan fingerprint density at radius 2 is 2.00 bits per heavy atom. The number of carbonyl (C=O) groups excluding carboxylic acids is 4. The van der Waals surface area contributed by atoms with Crippen LogP contribution in [-0.2, 0) is 19.1 Å². The first-order chi connectivity index (χ1) is 12.4. The number of rotatable bonds is 4. The highest BCUT2D eigenvalue weighted by atomic mass is 16.5. The van der Waals surface area contributed by atoms with E-state index in [1.165, 1.54) is 0 Å². The van der Waals surface area contributed by atoms with Gasteiger partial charge in [0.05, 0.1) is 5.92 Å². The highest BCUT2D eigenvalue weighted by molar-refractivity contribution is 6.08. The molecule has 2 aliphatic carbocycles. The van der Waals surface area contributed by atoms with Gasteiger partial charge in [0.15, 0.2) is 6.61 Å². The van der Waals surface area contributed by atoms with Gasteiger partial charge < -0.3 is 10.1 Å². The van der Waals surface area contributed by atoms with Crippen LogP contribution in [0, 0.1) is 11.8 Å². The van der Waals surface area contributed by atoms with Crippen molar-refractivity contribution in [3.63, 3.8) is 0 Å². The summed E-state index contributed by atoms with van der Waals surface area (Å²) in [6, 6.07) is -0.637. The Bertz CT molecular complexity index is 637. The second-order valence-corrected chi connectivity index (χ2v) is 7.46. The number of urea groups is 1. The number of ether oxygens (including phenoxy) is 1. The van der Waals surface area contributed by atoms with Crippen molar-refractivity contribution < 1.29 is 23.9 Å². The van der Waals surface area contributed by atoms with Crippen molar-refractivity contribution in [2.75, 3.05) is 6.61 Å². The van der Waals surface area contributed by atoms with Crippen LogP contribution in [0.1, 0.15) is 51.9 Å². The number of allylic oxidation sites excluding steroid dienone is 2. The van der Waals surface area contributed by atoms with Gasteiger partial charge in [-0.25, -0.2) is 4.79 Å². The predicted octanol–water partition coefficient (Wildman–Crippen LogP) is 1.42. The van der Waals surface area contributed by atoms with Crippen molar-refractivity contribution in [3.05, 3.63) is 12.2 Å². The standard InChI is InChI=1S/C18H25N3O5/c1-12-7-9-18(10-8-12)16(24)21(17(25)19-18)20-14(22)11-26-15(23)13-5-3-2-4-6-13/h2-3,12-13H,4-11H2,1H3,(H,19,25)(H,20,22)/t12?,13-,18?/m0/s1. The molecule has 8 nitrogen and oxygen atoms in total. The molecule has 3 aliphatic rings. The topological polar surface area (TPSA) is 105 Å². The normalized spacial score (nSPS) is 31.0. The van der Waals surface area contributed by atoms with Crippen molar-refractivity contribution >= 4 is 23.8 Å². The van der Waals surface area contributed by atoms with Gasteiger partial charge in [-0.1, -0.05) is 19.1 Å². The highest BCUT2D eigenvalue weighted by Gasteiger charge is 2.52. The summed E-state index contributed by atoms with van der Waals surface area (Å²) in [6.45, 7) is 1.60. The number of imide groups is 1. The fraction of sp³-hybridized carbons (Fsp3) is 0.667. The van der Waals surface area contributed by atoms with Gasteiger partial charge in [-0.15, -0.1) is 0 Å². The fourth-order valence-corrected chi connectivity index (χ4v) is 3.73. The van der Waals surface area contributed by atoms with Crippen LogP contribution in [0.2, 0.25) is 0 Å². The Morgan fingerprint density at radius 3 is 2.65 bits per heavy atom. The number of esters is 1. The molecule has 0 unspecified atom stereocenters. The molecule has 142 valence electrons. The summed E-state index contributed by atoms with van der Waals surface area (Å²) in [5.74, 6) is -1.29. The smallest absolute Gasteiger partial charge is 0.344 e. The van der Waals surface area contributed by atoms with Gasteiger partial charge in [0, 0.05) is 0 Å². The van der Waals surface area contributed by atoms with Gasteiger partial charge in [0.25, 0.3) is 11.8 Å². The molecule has 0 radical (unpaired) electrons. The highest BCUT2D eigenvalue weighted by Crippen LogP contribution is 2.35. The quantitative estimate of drug-likeness (QED) is 0.446. The summed E-state index contributed by atoms with van der Waals surface area (Å²) in [4.78, 5) is 48.7. The third-order valence-corrected chi connectivity index (χ3v) is 5.47. The van der Waals surface area contributed by atoms with Crippen LogP contribution >= 0.6 is 0 Å². The Hall–Kier alpha value is -2.38. The average molecular weight is 363 g/mol. The Labute approximate surface area is 152 Å². The maximum atomic E-state index is 12.6. The minimum Gasteiger partial charge on any atom is -0.455 e. The summed E-state index contributed by atoms with van der Waals surface area (Å²) in [7, 11) is 0. The molecular weight excluding hydrogens is 338 g/mol. The molecular formula is C18H25N3O5. The largest absolute Gasteiger partial charge is 0.455 e. The molecule has 1 aliphatic heterocycles. The van der Waals surface area contributed by atoms with Crippen molar-refractivity contribution in [2.24, 2.45) is 11.8 Å². The number of hydrazine groups is 1. The van der Waals surface area contributed by atoms with Crippen molar-refractivity contribution in [2.45, 2.75) is 57.4 Å². The van der Waals surface area contributed by atoms with Crippen molar-refractivity contribution in [1.29, 1.82) is 0 Å². The average Bonchev–Trinajstić information content (AvgIpc) is 2.87. The van der Waals surface area contributed by atoms with Gasteiger partial charge in [0.2, 0.25) is 0 Å². The zero-order valence-electron chi connectivity index (χ0n) is 15.0. The number of amides is 4. The first-order valence-corrected chi connectivity index (χ1v) is 9.19. The Morgan fingerprint density at radius 1 is 1.27 bits per heavy atom. The molecule has 0 bridgehead atoms. The second-order valence-electron chi connectivity index (χ2n) is 7.46. The molecule has 0 aromatic rings. The molecule has 8 heteroatoms. The lowest BCUT2D eigenvalue weighted by Gasteiger charge is -2.33. The molecule has 3 rings (SSSR count). The monoisotopic (exact) mass is 363 g/mol. The zero-order chi connectivity index (χ0) is 18.7. The fourth-order valence-electron chi connectivity index (χ4n) is 3.73. The molecule has 1 heterocycles. The summed E-state index contributed by atoms with van der Waals surface area (Å²) < 4.78 is 5.02. The molecule has 1 saturated carbocycles. The number of hydrogen-bond donors (Lipinski definition) is 2. The van der Waals surface area contributed by atoms with Crippen molar-refractivity contribution in [1.82, 2.24) is 15.8 Å². The Kier molecular flexibility index (Phi) is 5.29. The molecule has 2 N–H and O–H groups in total. The van der Waals surface area contributed by atoms with Gasteiger partial charge >= 0.3 is 12.0 Å². The first kappa shape index (κ1) is 18.4. The first-order valence-electron chi connectivity index (χ1n) is 9.19. The van der Waals surface area contributed by atoms with Gasteiger partial charge in [-0.3, -0.25) is 19.8 Å². The van der Waals surface area contributed by atoms with E-state index < -0.39 is 36.0 Å². The van der Waals surface area contributed by atoms with Crippen LogP contribution in [0.25, 0.3) is 0 Å². The third kappa shape index (κ3) is 3.73.